The average Bonchev–Trinajstić information content (AvgIpc) is 3.03. The second-order valence-electron chi connectivity index (χ2n) is 17.9. The number of ether oxygens (including phenoxy) is 6. The lowest BCUT2D eigenvalue weighted by Crippen LogP contribution is -2.82. The lowest BCUT2D eigenvalue weighted by molar-refractivity contribution is -0.347. The summed E-state index contributed by atoms with van der Waals surface area (Å²) in [6.45, 7) is 19.5. The molecule has 11 atom stereocenters. The maximum absolute atomic E-state index is 15.3. The Kier molecular flexibility index (Phi) is 12.7. The molecular formula is C41H59NO15. The molecule has 1 aliphatic heterocycles. The number of rotatable bonds is 9. The number of Topliss-reactive ketones (excluding diaryl/α,β-unsaturated/α-hetero) is 1. The van der Waals surface area contributed by atoms with Crippen LogP contribution in [0.15, 0.2) is 34.4 Å². The summed E-state index contributed by atoms with van der Waals surface area (Å²) in [4.78, 5) is 81.4. The first-order valence-corrected chi connectivity index (χ1v) is 19.1. The number of aliphatic hydroxyl groups excluding tert-OH is 2. The predicted molar refractivity (Wildman–Crippen MR) is 201 cm³/mol. The molecule has 16 heteroatoms. The molecule has 0 radical (unpaired) electrons. The van der Waals surface area contributed by atoms with E-state index in [0.717, 1.165) is 13.8 Å². The molecule has 0 aromatic carbocycles. The number of allylic oxidation sites excluding steroid dienone is 2. The van der Waals surface area contributed by atoms with Gasteiger partial charge in [0.15, 0.2) is 23.6 Å². The first-order valence-electron chi connectivity index (χ1n) is 19.1. The van der Waals surface area contributed by atoms with E-state index in [0.29, 0.717) is 11.1 Å². The molecule has 1 unspecified atom stereocenters. The summed E-state index contributed by atoms with van der Waals surface area (Å²) in [5.74, 6) is -6.22. The third kappa shape index (κ3) is 8.41. The van der Waals surface area contributed by atoms with Gasteiger partial charge in [-0.1, -0.05) is 31.1 Å². The highest BCUT2D eigenvalue weighted by atomic mass is 16.6. The molecule has 318 valence electrons. The highest BCUT2D eigenvalue weighted by Gasteiger charge is 2.78. The van der Waals surface area contributed by atoms with E-state index in [2.05, 4.69) is 5.32 Å². The highest BCUT2D eigenvalue weighted by molar-refractivity contribution is 5.95. The smallest absolute Gasteiger partial charge is 0.408 e. The van der Waals surface area contributed by atoms with Gasteiger partial charge >= 0.3 is 30.0 Å². The number of fused-ring (bicyclic) bond motifs is 5. The highest BCUT2D eigenvalue weighted by Crippen LogP contribution is 2.64. The number of alkyl carbamates (subject to hydrolysis) is 1. The van der Waals surface area contributed by atoms with Crippen LogP contribution in [0.5, 0.6) is 0 Å². The number of ketones is 1. The van der Waals surface area contributed by atoms with E-state index in [1.54, 1.807) is 62.3 Å². The van der Waals surface area contributed by atoms with Gasteiger partial charge in [0.05, 0.1) is 30.1 Å². The maximum Gasteiger partial charge on any atom is 0.408 e. The molecule has 2 bridgehead atoms. The molecule has 3 fully saturated rings. The van der Waals surface area contributed by atoms with Crippen molar-refractivity contribution < 1.29 is 72.5 Å². The Morgan fingerprint density at radius 2 is 1.56 bits per heavy atom. The number of carbonyl (C=O) groups excluding carboxylic acids is 6. The topological polar surface area (TPSA) is 231 Å². The molecule has 57 heavy (non-hydrogen) atoms. The summed E-state index contributed by atoms with van der Waals surface area (Å²) in [6.07, 6.45) is -8.68. The van der Waals surface area contributed by atoms with Gasteiger partial charge in [0.25, 0.3) is 0 Å². The molecule has 0 aromatic heterocycles. The van der Waals surface area contributed by atoms with Crippen LogP contribution in [0.25, 0.3) is 0 Å². The number of amides is 1. The van der Waals surface area contributed by atoms with E-state index in [1.807, 2.05) is 0 Å². The molecule has 4 aliphatic rings. The number of aliphatic hydroxyl groups is 3. The summed E-state index contributed by atoms with van der Waals surface area (Å²) < 4.78 is 35.1. The third-order valence-corrected chi connectivity index (χ3v) is 11.6. The zero-order valence-corrected chi connectivity index (χ0v) is 35.1. The van der Waals surface area contributed by atoms with E-state index in [4.69, 9.17) is 28.4 Å². The van der Waals surface area contributed by atoms with Gasteiger partial charge in [-0.15, -0.1) is 0 Å². The normalized spacial score (nSPS) is 33.9. The van der Waals surface area contributed by atoms with E-state index >= 15 is 4.79 Å². The second-order valence-corrected chi connectivity index (χ2v) is 17.9. The number of nitrogens with one attached hydrogen (secondary N) is 1. The Morgan fingerprint density at radius 1 is 0.947 bits per heavy atom. The molecule has 0 spiro atoms. The van der Waals surface area contributed by atoms with Crippen molar-refractivity contribution in [1.29, 1.82) is 0 Å². The molecular weight excluding hydrogens is 746 g/mol. The number of carbonyl (C=O) groups is 6. The molecule has 2 saturated carbocycles. The van der Waals surface area contributed by atoms with Crippen LogP contribution in [-0.2, 0) is 52.4 Å². The van der Waals surface area contributed by atoms with Gasteiger partial charge in [-0.25, -0.2) is 14.4 Å². The third-order valence-electron chi connectivity index (χ3n) is 11.6. The zero-order valence-electron chi connectivity index (χ0n) is 35.1. The standard InChI is InChI=1S/C41H59NO15/c1-19(2)14-24(42-36(50)57-37(8,9)10)30(47)35(49)54-25-17-41(51)34(55-28(46)15-20(3)4)32-39(13,26(45)16-27-40(32,18-52-27)56-23(7)44)33(48)31(53-22(6)43)29(21(25)5)38(41,11)12/h14-15,24-27,30-32,34,45,47,51H,16-18H2,1-13H3,(H,42,50)/t24-,25-,26-,27+,30+,31+,32?,34-,39+,40-,41+/m0/s1. The summed E-state index contributed by atoms with van der Waals surface area (Å²) in [5, 5.41) is 39.2. The van der Waals surface area contributed by atoms with Crippen LogP contribution in [0, 0.1) is 16.7 Å². The van der Waals surface area contributed by atoms with Crippen LogP contribution in [0.4, 0.5) is 4.79 Å². The minimum atomic E-state index is -2.35. The predicted octanol–water partition coefficient (Wildman–Crippen LogP) is 3.08. The van der Waals surface area contributed by atoms with Crippen molar-refractivity contribution in [1.82, 2.24) is 5.32 Å². The fourth-order valence-electron chi connectivity index (χ4n) is 9.03. The van der Waals surface area contributed by atoms with Crippen molar-refractivity contribution in [2.24, 2.45) is 16.7 Å². The van der Waals surface area contributed by atoms with Crippen LogP contribution in [0.1, 0.15) is 103 Å². The van der Waals surface area contributed by atoms with Gasteiger partial charge in [0.2, 0.25) is 0 Å². The summed E-state index contributed by atoms with van der Waals surface area (Å²) in [5.41, 5.74) is -7.34. The van der Waals surface area contributed by atoms with E-state index in [9.17, 15) is 39.3 Å². The molecule has 16 nitrogen and oxygen atoms in total. The van der Waals surface area contributed by atoms with Gasteiger partial charge in [0, 0.05) is 38.2 Å². The first kappa shape index (κ1) is 45.6. The van der Waals surface area contributed by atoms with Gasteiger partial charge < -0.3 is 49.1 Å². The number of hydrogen-bond donors (Lipinski definition) is 4. The largest absolute Gasteiger partial charge is 0.456 e. The van der Waals surface area contributed by atoms with Crippen LogP contribution in [-0.4, -0.2) is 117 Å². The molecule has 4 N–H and O–H groups in total. The fourth-order valence-corrected chi connectivity index (χ4v) is 9.03. The Morgan fingerprint density at radius 3 is 2.05 bits per heavy atom. The van der Waals surface area contributed by atoms with E-state index in [1.165, 1.54) is 26.0 Å². The van der Waals surface area contributed by atoms with Gasteiger partial charge in [-0.2, -0.15) is 0 Å². The van der Waals surface area contributed by atoms with Crippen molar-refractivity contribution in [2.75, 3.05) is 6.61 Å². The second kappa shape index (κ2) is 15.9. The van der Waals surface area contributed by atoms with Gasteiger partial charge in [-0.3, -0.25) is 14.4 Å². The lowest BCUT2D eigenvalue weighted by Gasteiger charge is -2.67. The van der Waals surface area contributed by atoms with Crippen LogP contribution in [0.2, 0.25) is 0 Å². The minimum absolute atomic E-state index is 0.000116. The van der Waals surface area contributed by atoms with Crippen LogP contribution < -0.4 is 5.32 Å². The lowest BCUT2D eigenvalue weighted by atomic mass is 9.44. The number of esters is 4. The van der Waals surface area contributed by atoms with Crippen molar-refractivity contribution in [3.05, 3.63) is 34.4 Å². The average molecular weight is 806 g/mol. The monoisotopic (exact) mass is 805 g/mol. The number of hydrogen-bond acceptors (Lipinski definition) is 15. The Bertz CT molecular complexity index is 1760. The van der Waals surface area contributed by atoms with Crippen molar-refractivity contribution >= 4 is 35.8 Å². The van der Waals surface area contributed by atoms with Crippen LogP contribution in [0.3, 0.4) is 0 Å². The Labute approximate surface area is 333 Å². The molecule has 4 rings (SSSR count). The van der Waals surface area contributed by atoms with Gasteiger partial charge in [-0.05, 0) is 73.5 Å². The van der Waals surface area contributed by atoms with Crippen molar-refractivity contribution in [2.45, 2.75) is 162 Å². The van der Waals surface area contributed by atoms with Crippen molar-refractivity contribution in [3.63, 3.8) is 0 Å². The molecule has 0 aromatic rings. The van der Waals surface area contributed by atoms with E-state index in [-0.39, 0.29) is 24.2 Å². The molecule has 1 heterocycles. The van der Waals surface area contributed by atoms with Crippen LogP contribution >= 0.6 is 0 Å². The quantitative estimate of drug-likeness (QED) is 0.114. The molecule has 1 amide bonds. The SMILES string of the molecule is CC(=O)O[C@H]1C(=O)[C@@]2(C)C([C@H](OC(=O)C=C(C)C)[C@]3(O)C[C@H](OC(=O)[C@H](O)[C@H](C=C(C)C)NC(=O)OC(C)(C)C)C(C)=C1C3(C)C)[C@]1(OC(C)=O)CO[C@@H]1C[C@@H]2O. The summed E-state index contributed by atoms with van der Waals surface area (Å²) in [7, 11) is 0. The molecule has 1 saturated heterocycles. The Balaban J connectivity index is 1.99. The first-order chi connectivity index (χ1) is 26.0. The zero-order chi connectivity index (χ0) is 43.4. The maximum atomic E-state index is 15.3. The summed E-state index contributed by atoms with van der Waals surface area (Å²) in [6, 6.07) is -1.34. The minimum Gasteiger partial charge on any atom is -0.456 e. The van der Waals surface area contributed by atoms with Gasteiger partial charge in [0.1, 0.15) is 29.5 Å². The summed E-state index contributed by atoms with van der Waals surface area (Å²) >= 11 is 0. The molecule has 3 aliphatic carbocycles. The van der Waals surface area contributed by atoms with Crippen molar-refractivity contribution in [3.8, 4) is 0 Å². The Hall–Kier alpha value is -4.12. The fraction of sp³-hybridized carbons (Fsp3) is 0.707. The van der Waals surface area contributed by atoms with E-state index < -0.39 is 118 Å².